The van der Waals surface area contributed by atoms with Gasteiger partial charge in [-0.25, -0.2) is 4.79 Å². The molecule has 30 heavy (non-hydrogen) atoms. The number of rotatable bonds is 6. The van der Waals surface area contributed by atoms with Gasteiger partial charge in [-0.3, -0.25) is 14.7 Å². The first kappa shape index (κ1) is 20.1. The SMILES string of the molecule is Cc1cc(C(=O)OC2(C(N)=O)CC(c3cc(NC(=O)C4CCCCC4)n[nH]3)C2)no1. The first-order valence-electron chi connectivity index (χ1n) is 10.2. The van der Waals surface area contributed by atoms with Crippen LogP contribution in [0.2, 0.25) is 0 Å². The van der Waals surface area contributed by atoms with E-state index in [9.17, 15) is 14.4 Å². The van der Waals surface area contributed by atoms with Crippen LogP contribution in [-0.2, 0) is 14.3 Å². The zero-order valence-corrected chi connectivity index (χ0v) is 16.8. The van der Waals surface area contributed by atoms with Crippen molar-refractivity contribution in [2.75, 3.05) is 5.32 Å². The summed E-state index contributed by atoms with van der Waals surface area (Å²) in [5.41, 5.74) is 4.86. The number of hydrogen-bond acceptors (Lipinski definition) is 7. The quantitative estimate of drug-likeness (QED) is 0.611. The average molecular weight is 415 g/mol. The third-order valence-corrected chi connectivity index (χ3v) is 5.99. The van der Waals surface area contributed by atoms with Crippen molar-refractivity contribution in [3.05, 3.63) is 29.3 Å². The molecule has 2 aromatic rings. The first-order valence-corrected chi connectivity index (χ1v) is 10.2. The highest BCUT2D eigenvalue weighted by Crippen LogP contribution is 2.47. The van der Waals surface area contributed by atoms with Gasteiger partial charge in [-0.05, 0) is 19.8 Å². The van der Waals surface area contributed by atoms with Crippen molar-refractivity contribution in [1.29, 1.82) is 0 Å². The van der Waals surface area contributed by atoms with Gasteiger partial charge in [-0.2, -0.15) is 5.10 Å². The highest BCUT2D eigenvalue weighted by Gasteiger charge is 2.54. The van der Waals surface area contributed by atoms with Crippen LogP contribution in [0, 0.1) is 12.8 Å². The Morgan fingerprint density at radius 3 is 2.60 bits per heavy atom. The van der Waals surface area contributed by atoms with Crippen molar-refractivity contribution in [2.24, 2.45) is 11.7 Å². The van der Waals surface area contributed by atoms with Crippen LogP contribution in [-0.4, -0.2) is 38.7 Å². The molecule has 2 fully saturated rings. The number of carbonyl (C=O) groups is 3. The predicted molar refractivity (Wildman–Crippen MR) is 104 cm³/mol. The molecule has 2 aliphatic carbocycles. The van der Waals surface area contributed by atoms with Gasteiger partial charge in [0, 0.05) is 42.5 Å². The molecule has 160 valence electrons. The van der Waals surface area contributed by atoms with Crippen LogP contribution in [0.15, 0.2) is 16.7 Å². The molecule has 2 heterocycles. The van der Waals surface area contributed by atoms with E-state index in [0.29, 0.717) is 11.6 Å². The van der Waals surface area contributed by atoms with Crippen molar-refractivity contribution in [3.63, 3.8) is 0 Å². The fraction of sp³-hybridized carbons (Fsp3) is 0.550. The molecule has 2 saturated carbocycles. The topological polar surface area (TPSA) is 153 Å². The second kappa shape index (κ2) is 7.92. The summed E-state index contributed by atoms with van der Waals surface area (Å²) < 4.78 is 10.3. The van der Waals surface area contributed by atoms with Crippen molar-refractivity contribution >= 4 is 23.6 Å². The van der Waals surface area contributed by atoms with E-state index < -0.39 is 17.5 Å². The maximum atomic E-state index is 12.4. The summed E-state index contributed by atoms with van der Waals surface area (Å²) in [6.45, 7) is 1.65. The molecular weight excluding hydrogens is 390 g/mol. The molecule has 10 heteroatoms. The Hall–Kier alpha value is -3.17. The van der Waals surface area contributed by atoms with E-state index >= 15 is 0 Å². The molecule has 4 N–H and O–H groups in total. The number of nitrogens with zero attached hydrogens (tertiary/aromatic N) is 2. The smallest absolute Gasteiger partial charge is 0.361 e. The van der Waals surface area contributed by atoms with Gasteiger partial charge in [0.25, 0.3) is 5.91 Å². The summed E-state index contributed by atoms with van der Waals surface area (Å²) in [6.07, 6.45) is 5.60. The number of nitrogens with one attached hydrogen (secondary N) is 2. The second-order valence-corrected chi connectivity index (χ2v) is 8.21. The Kier molecular flexibility index (Phi) is 5.31. The van der Waals surface area contributed by atoms with Gasteiger partial charge in [-0.15, -0.1) is 0 Å². The molecule has 0 radical (unpaired) electrons. The molecular formula is C20H25N5O5. The van der Waals surface area contributed by atoms with Gasteiger partial charge in [0.2, 0.25) is 5.91 Å². The summed E-state index contributed by atoms with van der Waals surface area (Å²) in [5, 5.41) is 13.5. The number of aromatic nitrogens is 3. The number of H-pyrrole nitrogens is 1. The molecule has 0 spiro atoms. The molecule has 10 nitrogen and oxygen atoms in total. The van der Waals surface area contributed by atoms with Crippen LogP contribution in [0.4, 0.5) is 5.82 Å². The van der Waals surface area contributed by atoms with E-state index in [1.54, 1.807) is 13.0 Å². The van der Waals surface area contributed by atoms with Gasteiger partial charge in [0.15, 0.2) is 17.1 Å². The maximum Gasteiger partial charge on any atom is 0.361 e. The molecule has 0 aliphatic heterocycles. The zero-order chi connectivity index (χ0) is 21.3. The Balaban J connectivity index is 1.36. The summed E-state index contributed by atoms with van der Waals surface area (Å²) >= 11 is 0. The van der Waals surface area contributed by atoms with E-state index in [4.69, 9.17) is 15.0 Å². The molecule has 2 aliphatic rings. The lowest BCUT2D eigenvalue weighted by atomic mass is 9.68. The highest BCUT2D eigenvalue weighted by atomic mass is 16.6. The first-order chi connectivity index (χ1) is 14.4. The van der Waals surface area contributed by atoms with E-state index in [2.05, 4.69) is 20.7 Å². The highest BCUT2D eigenvalue weighted by molar-refractivity contribution is 5.93. The van der Waals surface area contributed by atoms with Gasteiger partial charge < -0.3 is 20.3 Å². The molecule has 0 aromatic carbocycles. The molecule has 0 unspecified atom stereocenters. The van der Waals surface area contributed by atoms with Crippen molar-refractivity contribution in [2.45, 2.75) is 63.4 Å². The molecule has 0 bridgehead atoms. The number of anilines is 1. The fourth-order valence-electron chi connectivity index (χ4n) is 4.19. The lowest BCUT2D eigenvalue weighted by molar-refractivity contribution is -0.149. The maximum absolute atomic E-state index is 12.4. The monoisotopic (exact) mass is 415 g/mol. The number of ether oxygens (including phenoxy) is 1. The van der Waals surface area contributed by atoms with Crippen molar-refractivity contribution in [3.8, 4) is 0 Å². The number of nitrogens with two attached hydrogens (primary N) is 1. The Bertz CT molecular complexity index is 952. The number of aromatic amines is 1. The fourth-order valence-corrected chi connectivity index (χ4v) is 4.19. The third kappa shape index (κ3) is 3.94. The number of amides is 2. The van der Waals surface area contributed by atoms with Gasteiger partial charge in [0.1, 0.15) is 5.76 Å². The minimum Gasteiger partial charge on any atom is -0.444 e. The van der Waals surface area contributed by atoms with Gasteiger partial charge >= 0.3 is 5.97 Å². The van der Waals surface area contributed by atoms with Crippen LogP contribution in [0.3, 0.4) is 0 Å². The van der Waals surface area contributed by atoms with Gasteiger partial charge in [-0.1, -0.05) is 24.4 Å². The number of carbonyl (C=O) groups excluding carboxylic acids is 3. The molecule has 4 rings (SSSR count). The van der Waals surface area contributed by atoms with Crippen LogP contribution in [0.25, 0.3) is 0 Å². The lowest BCUT2D eigenvalue weighted by Gasteiger charge is -2.43. The minimum atomic E-state index is -1.40. The predicted octanol–water partition coefficient (Wildman–Crippen LogP) is 2.18. The summed E-state index contributed by atoms with van der Waals surface area (Å²) in [7, 11) is 0. The zero-order valence-electron chi connectivity index (χ0n) is 16.8. The Morgan fingerprint density at radius 1 is 1.23 bits per heavy atom. The summed E-state index contributed by atoms with van der Waals surface area (Å²) in [5.74, 6) is -0.632. The lowest BCUT2D eigenvalue weighted by Crippen LogP contribution is -2.56. The molecule has 2 aromatic heterocycles. The van der Waals surface area contributed by atoms with Crippen LogP contribution < -0.4 is 11.1 Å². The average Bonchev–Trinajstić information content (AvgIpc) is 3.33. The number of primary amides is 1. The Morgan fingerprint density at radius 2 is 1.97 bits per heavy atom. The largest absolute Gasteiger partial charge is 0.444 e. The number of esters is 1. The van der Waals surface area contributed by atoms with Crippen LogP contribution in [0.5, 0.6) is 0 Å². The summed E-state index contributed by atoms with van der Waals surface area (Å²) in [6, 6.07) is 3.18. The van der Waals surface area contributed by atoms with Crippen LogP contribution >= 0.6 is 0 Å². The van der Waals surface area contributed by atoms with E-state index in [1.807, 2.05) is 0 Å². The van der Waals surface area contributed by atoms with Crippen molar-refractivity contribution in [1.82, 2.24) is 15.4 Å². The van der Waals surface area contributed by atoms with E-state index in [-0.39, 0.29) is 36.3 Å². The number of hydrogen-bond donors (Lipinski definition) is 3. The van der Waals surface area contributed by atoms with E-state index in [1.165, 1.54) is 12.5 Å². The summed E-state index contributed by atoms with van der Waals surface area (Å²) in [4.78, 5) is 36.6. The van der Waals surface area contributed by atoms with Gasteiger partial charge in [0.05, 0.1) is 0 Å². The van der Waals surface area contributed by atoms with Crippen LogP contribution in [0.1, 0.15) is 72.8 Å². The van der Waals surface area contributed by atoms with Crippen molar-refractivity contribution < 1.29 is 23.6 Å². The molecule has 2 amide bonds. The Labute approximate surface area is 172 Å². The second-order valence-electron chi connectivity index (χ2n) is 8.21. The minimum absolute atomic E-state index is 0.00849. The normalized spacial score (nSPS) is 24.1. The third-order valence-electron chi connectivity index (χ3n) is 5.99. The number of aryl methyl sites for hydroxylation is 1. The molecule has 0 atom stereocenters. The molecule has 0 saturated heterocycles. The standard InChI is InChI=1S/C20H25N5O5/c1-11-7-15(25-30-11)18(27)29-20(19(21)28)9-13(10-20)14-8-16(24-23-14)22-17(26)12-5-3-2-4-6-12/h7-8,12-13H,2-6,9-10H2,1H3,(H2,21,28)(H2,22,23,24,26). The van der Waals surface area contributed by atoms with E-state index in [0.717, 1.165) is 31.4 Å².